The van der Waals surface area contributed by atoms with E-state index in [9.17, 15) is 4.79 Å². The average Bonchev–Trinajstić information content (AvgIpc) is 2.59. The number of aryl methyl sites for hydroxylation is 1. The molecular weight excluding hydrogens is 314 g/mol. The lowest BCUT2D eigenvalue weighted by molar-refractivity contribution is -0.116. The monoisotopic (exact) mass is 339 g/mol. The van der Waals surface area contributed by atoms with Crippen LogP contribution in [0.4, 0.5) is 5.69 Å². The Morgan fingerprint density at radius 1 is 1.32 bits per heavy atom. The Kier molecular flexibility index (Phi) is 5.79. The van der Waals surface area contributed by atoms with E-state index in [1.54, 1.807) is 18.0 Å². The highest BCUT2D eigenvalue weighted by atomic mass is 16.2. The molecule has 0 spiro atoms. The fourth-order valence-electron chi connectivity index (χ4n) is 3.06. The highest BCUT2D eigenvalue weighted by molar-refractivity contribution is 5.92. The number of benzene rings is 1. The number of aromatic nitrogens is 1. The van der Waals surface area contributed by atoms with Crippen LogP contribution in [-0.4, -0.2) is 41.7 Å². The van der Waals surface area contributed by atoms with Crippen LogP contribution in [-0.2, 0) is 11.2 Å². The highest BCUT2D eigenvalue weighted by Gasteiger charge is 2.22. The standard InChI is InChI=1S/C20H25N3O2/c1-15(25)23(14-19-7-8-22-19)20-11-18(12-21-13-20)17-6-2-4-16(10-17)5-3-9-24/h2,4,6,10-13,19,22,24H,3,5,7-9,14H2,1H3/t19-/m0/s1. The summed E-state index contributed by atoms with van der Waals surface area (Å²) in [6.45, 7) is 3.50. The van der Waals surface area contributed by atoms with Gasteiger partial charge >= 0.3 is 0 Å². The van der Waals surface area contributed by atoms with E-state index in [4.69, 9.17) is 5.11 Å². The summed E-state index contributed by atoms with van der Waals surface area (Å²) in [5.74, 6) is 0.0318. The second kappa shape index (κ2) is 8.23. The summed E-state index contributed by atoms with van der Waals surface area (Å²) >= 11 is 0. The van der Waals surface area contributed by atoms with Crippen molar-refractivity contribution in [2.75, 3.05) is 24.6 Å². The Labute approximate surface area is 148 Å². The molecule has 25 heavy (non-hydrogen) atoms. The molecule has 132 valence electrons. The lowest BCUT2D eigenvalue weighted by Crippen LogP contribution is -2.51. The number of anilines is 1. The molecule has 2 aromatic rings. The number of hydrogen-bond acceptors (Lipinski definition) is 4. The molecule has 1 fully saturated rings. The van der Waals surface area contributed by atoms with Gasteiger partial charge in [0.05, 0.1) is 11.9 Å². The molecule has 2 N–H and O–H groups in total. The highest BCUT2D eigenvalue weighted by Crippen LogP contribution is 2.25. The van der Waals surface area contributed by atoms with E-state index in [2.05, 4.69) is 28.5 Å². The minimum absolute atomic E-state index is 0.0318. The molecule has 2 heterocycles. The minimum Gasteiger partial charge on any atom is -0.396 e. The maximum Gasteiger partial charge on any atom is 0.223 e. The summed E-state index contributed by atoms with van der Waals surface area (Å²) in [5.41, 5.74) is 4.10. The first-order chi connectivity index (χ1) is 12.2. The lowest BCUT2D eigenvalue weighted by Gasteiger charge is -2.33. The van der Waals surface area contributed by atoms with Crippen LogP contribution < -0.4 is 10.2 Å². The third kappa shape index (κ3) is 4.44. The normalized spacial score (nSPS) is 16.3. The third-order valence-corrected chi connectivity index (χ3v) is 4.63. The minimum atomic E-state index is 0.0318. The molecule has 5 nitrogen and oxygen atoms in total. The van der Waals surface area contributed by atoms with Gasteiger partial charge in [-0.2, -0.15) is 0 Å². The molecule has 1 aromatic carbocycles. The van der Waals surface area contributed by atoms with Crippen molar-refractivity contribution < 1.29 is 9.90 Å². The van der Waals surface area contributed by atoms with Crippen LogP contribution in [0.5, 0.6) is 0 Å². The van der Waals surface area contributed by atoms with E-state index >= 15 is 0 Å². The van der Waals surface area contributed by atoms with Gasteiger partial charge < -0.3 is 15.3 Å². The Hall–Kier alpha value is -2.24. The number of rotatable bonds is 7. The van der Waals surface area contributed by atoms with Gasteiger partial charge in [0, 0.05) is 37.9 Å². The largest absolute Gasteiger partial charge is 0.396 e. The van der Waals surface area contributed by atoms with Gasteiger partial charge in [-0.3, -0.25) is 9.78 Å². The summed E-state index contributed by atoms with van der Waals surface area (Å²) < 4.78 is 0. The maximum absolute atomic E-state index is 12.1. The zero-order valence-electron chi connectivity index (χ0n) is 14.6. The SMILES string of the molecule is CC(=O)N(C[C@@H]1CCN1)c1cncc(-c2cccc(CCCO)c2)c1. The van der Waals surface area contributed by atoms with Crippen molar-refractivity contribution in [3.63, 3.8) is 0 Å². The van der Waals surface area contributed by atoms with Crippen molar-refractivity contribution in [1.82, 2.24) is 10.3 Å². The van der Waals surface area contributed by atoms with Crippen molar-refractivity contribution >= 4 is 11.6 Å². The number of pyridine rings is 1. The van der Waals surface area contributed by atoms with Gasteiger partial charge in [0.2, 0.25) is 5.91 Å². The third-order valence-electron chi connectivity index (χ3n) is 4.63. The van der Waals surface area contributed by atoms with Crippen LogP contribution in [0.15, 0.2) is 42.7 Å². The predicted octanol–water partition coefficient (Wildman–Crippen LogP) is 2.39. The maximum atomic E-state index is 12.1. The number of amides is 1. The number of aliphatic hydroxyl groups excluding tert-OH is 1. The Bertz CT molecular complexity index is 728. The van der Waals surface area contributed by atoms with Crippen LogP contribution in [0.25, 0.3) is 11.1 Å². The van der Waals surface area contributed by atoms with Gasteiger partial charge in [-0.05, 0) is 43.0 Å². The van der Waals surface area contributed by atoms with Gasteiger partial charge in [0.15, 0.2) is 0 Å². The van der Waals surface area contributed by atoms with Crippen molar-refractivity contribution in [3.05, 3.63) is 48.3 Å². The molecule has 5 heteroatoms. The number of aliphatic hydroxyl groups is 1. The quantitative estimate of drug-likeness (QED) is 0.813. The fraction of sp³-hybridized carbons (Fsp3) is 0.400. The van der Waals surface area contributed by atoms with Crippen LogP contribution in [0, 0.1) is 0 Å². The number of hydrogen-bond donors (Lipinski definition) is 2. The molecule has 0 radical (unpaired) electrons. The first-order valence-corrected chi connectivity index (χ1v) is 8.84. The molecule has 0 aliphatic carbocycles. The predicted molar refractivity (Wildman–Crippen MR) is 99.5 cm³/mol. The van der Waals surface area contributed by atoms with E-state index in [1.165, 1.54) is 5.56 Å². The summed E-state index contributed by atoms with van der Waals surface area (Å²) in [5, 5.41) is 12.3. The van der Waals surface area contributed by atoms with Crippen LogP contribution in [0.1, 0.15) is 25.3 Å². The smallest absolute Gasteiger partial charge is 0.223 e. The molecule has 1 saturated heterocycles. The second-order valence-corrected chi connectivity index (χ2v) is 6.53. The number of carbonyl (C=O) groups excluding carboxylic acids is 1. The fourth-order valence-corrected chi connectivity index (χ4v) is 3.06. The number of nitrogens with zero attached hydrogens (tertiary/aromatic N) is 2. The van der Waals surface area contributed by atoms with Gasteiger partial charge in [-0.1, -0.05) is 24.3 Å². The van der Waals surface area contributed by atoms with E-state index < -0.39 is 0 Å². The summed E-state index contributed by atoms with van der Waals surface area (Å²) in [4.78, 5) is 18.2. The topological polar surface area (TPSA) is 65.5 Å². The van der Waals surface area contributed by atoms with Crippen LogP contribution in [0.2, 0.25) is 0 Å². The van der Waals surface area contributed by atoms with Crippen LogP contribution >= 0.6 is 0 Å². The first-order valence-electron chi connectivity index (χ1n) is 8.84. The van der Waals surface area contributed by atoms with E-state index in [-0.39, 0.29) is 12.5 Å². The molecule has 1 aromatic heterocycles. The van der Waals surface area contributed by atoms with E-state index in [1.807, 2.05) is 18.3 Å². The zero-order valence-corrected chi connectivity index (χ0v) is 14.6. The molecule has 1 atom stereocenters. The Morgan fingerprint density at radius 3 is 2.84 bits per heavy atom. The molecule has 1 aliphatic rings. The van der Waals surface area contributed by atoms with Crippen molar-refractivity contribution in [2.45, 2.75) is 32.2 Å². The summed E-state index contributed by atoms with van der Waals surface area (Å²) in [6, 6.07) is 10.7. The summed E-state index contributed by atoms with van der Waals surface area (Å²) in [6.07, 6.45) is 6.29. The van der Waals surface area contributed by atoms with Crippen LogP contribution in [0.3, 0.4) is 0 Å². The number of nitrogens with one attached hydrogen (secondary N) is 1. The zero-order chi connectivity index (χ0) is 17.6. The molecule has 1 aliphatic heterocycles. The molecule has 3 rings (SSSR count). The first kappa shape index (κ1) is 17.6. The van der Waals surface area contributed by atoms with Crippen molar-refractivity contribution in [2.24, 2.45) is 0 Å². The van der Waals surface area contributed by atoms with Crippen molar-refractivity contribution in [3.8, 4) is 11.1 Å². The second-order valence-electron chi connectivity index (χ2n) is 6.53. The molecule has 1 amide bonds. The summed E-state index contributed by atoms with van der Waals surface area (Å²) in [7, 11) is 0. The molecule has 0 saturated carbocycles. The van der Waals surface area contributed by atoms with Gasteiger partial charge in [-0.15, -0.1) is 0 Å². The Morgan fingerprint density at radius 2 is 2.16 bits per heavy atom. The average molecular weight is 339 g/mol. The van der Waals surface area contributed by atoms with Crippen molar-refractivity contribution in [1.29, 1.82) is 0 Å². The Balaban J connectivity index is 1.83. The molecular formula is C20H25N3O2. The molecule has 0 bridgehead atoms. The van der Waals surface area contributed by atoms with E-state index in [0.29, 0.717) is 12.6 Å². The van der Waals surface area contributed by atoms with Gasteiger partial charge in [0.1, 0.15) is 0 Å². The van der Waals surface area contributed by atoms with Gasteiger partial charge in [0.25, 0.3) is 0 Å². The van der Waals surface area contributed by atoms with Gasteiger partial charge in [-0.25, -0.2) is 0 Å². The molecule has 0 unspecified atom stereocenters. The number of carbonyl (C=O) groups is 1. The lowest BCUT2D eigenvalue weighted by atomic mass is 10.0. The van der Waals surface area contributed by atoms with E-state index in [0.717, 1.165) is 42.6 Å².